The Morgan fingerprint density at radius 2 is 1.61 bits per heavy atom. The zero-order valence-electron chi connectivity index (χ0n) is 23.6. The molecule has 4 unspecified atom stereocenters. The molecule has 2 aliphatic carbocycles. The summed E-state index contributed by atoms with van der Waals surface area (Å²) in [5, 5.41) is 33.9. The maximum absolute atomic E-state index is 11.4. The van der Waals surface area contributed by atoms with Gasteiger partial charge in [-0.2, -0.15) is 0 Å². The number of rotatable bonds is 11. The van der Waals surface area contributed by atoms with E-state index in [0.717, 1.165) is 38.5 Å². The van der Waals surface area contributed by atoms with Crippen LogP contribution in [-0.2, 0) is 23.7 Å². The van der Waals surface area contributed by atoms with Gasteiger partial charge in [0.1, 0.15) is 18.2 Å². The van der Waals surface area contributed by atoms with Gasteiger partial charge in [-0.25, -0.2) is 0 Å². The minimum Gasteiger partial charge on any atom is -0.390 e. The van der Waals surface area contributed by atoms with Gasteiger partial charge in [-0.05, 0) is 55.6 Å². The Hall–Kier alpha value is -2.35. The van der Waals surface area contributed by atoms with Gasteiger partial charge < -0.3 is 33.9 Å². The molecular formula is C25H41N9O7. The van der Waals surface area contributed by atoms with E-state index in [9.17, 15) is 21.3 Å². The van der Waals surface area contributed by atoms with Crippen molar-refractivity contribution >= 4 is 0 Å². The molecule has 2 N–H and O–H groups in total. The quantitative estimate of drug-likeness (QED) is 0.146. The molecule has 9 atom stereocenters. The average molecular weight is 580 g/mol. The van der Waals surface area contributed by atoms with Crippen LogP contribution in [0.25, 0.3) is 31.3 Å². The SMILES string of the molecule is CC(CC(N=[N+]=[N-])[C@@H](O[C@H]1OC2COC3(CCCCC3)O[C@H]2[C@H](O)C1N=[N+]=[N-])[C@@H](C)OC1(O)CCCCC1)N=[N+]=[N-]. The zero-order valence-corrected chi connectivity index (χ0v) is 23.6. The fourth-order valence-electron chi connectivity index (χ4n) is 6.45. The Kier molecular flexibility index (Phi) is 10.9. The maximum atomic E-state index is 11.4. The first kappa shape index (κ1) is 31.6. The van der Waals surface area contributed by atoms with Gasteiger partial charge in [0.2, 0.25) is 0 Å². The molecule has 4 rings (SSSR count). The lowest BCUT2D eigenvalue weighted by Gasteiger charge is -2.52. The number of azide groups is 3. The van der Waals surface area contributed by atoms with Crippen LogP contribution in [0, 0.1) is 0 Å². The molecule has 0 aromatic carbocycles. The fourth-order valence-corrected chi connectivity index (χ4v) is 6.45. The van der Waals surface area contributed by atoms with E-state index < -0.39 is 66.5 Å². The Balaban J connectivity index is 1.59. The number of hydrogen-bond donors (Lipinski definition) is 2. The van der Waals surface area contributed by atoms with Crippen LogP contribution in [0.5, 0.6) is 0 Å². The molecule has 4 fully saturated rings. The molecule has 16 nitrogen and oxygen atoms in total. The lowest BCUT2D eigenvalue weighted by Crippen LogP contribution is -2.66. The van der Waals surface area contributed by atoms with E-state index in [1.807, 2.05) is 0 Å². The summed E-state index contributed by atoms with van der Waals surface area (Å²) in [5.74, 6) is -2.19. The molecule has 2 aliphatic heterocycles. The monoisotopic (exact) mass is 579 g/mol. The third-order valence-electron chi connectivity index (χ3n) is 8.51. The van der Waals surface area contributed by atoms with Crippen molar-refractivity contribution < 1.29 is 33.9 Å². The van der Waals surface area contributed by atoms with Crippen LogP contribution in [-0.4, -0.2) is 83.3 Å². The molecule has 2 saturated heterocycles. The molecule has 2 heterocycles. The smallest absolute Gasteiger partial charge is 0.169 e. The molecule has 0 aromatic rings. The van der Waals surface area contributed by atoms with E-state index >= 15 is 0 Å². The molecule has 1 spiro atoms. The van der Waals surface area contributed by atoms with E-state index in [1.54, 1.807) is 13.8 Å². The number of ether oxygens (including phenoxy) is 5. The highest BCUT2D eigenvalue weighted by Crippen LogP contribution is 2.42. The second kappa shape index (κ2) is 14.2. The summed E-state index contributed by atoms with van der Waals surface area (Å²) in [6.45, 7) is 3.50. The van der Waals surface area contributed by atoms with Crippen molar-refractivity contribution in [2.75, 3.05) is 6.61 Å². The number of aliphatic hydroxyl groups is 2. The van der Waals surface area contributed by atoms with Crippen molar-refractivity contribution in [1.82, 2.24) is 0 Å². The Bertz CT molecular complexity index is 1020. The summed E-state index contributed by atoms with van der Waals surface area (Å²) in [6.07, 6.45) is 2.00. The molecule has 41 heavy (non-hydrogen) atoms. The van der Waals surface area contributed by atoms with E-state index in [4.69, 9.17) is 29.2 Å². The average Bonchev–Trinajstić information content (AvgIpc) is 2.94. The van der Waals surface area contributed by atoms with Crippen LogP contribution in [0.15, 0.2) is 15.3 Å². The molecular weight excluding hydrogens is 538 g/mol. The van der Waals surface area contributed by atoms with Crippen LogP contribution < -0.4 is 0 Å². The largest absolute Gasteiger partial charge is 0.390 e. The first-order chi connectivity index (χ1) is 19.7. The molecule has 4 aliphatic rings. The van der Waals surface area contributed by atoms with E-state index in [1.165, 1.54) is 0 Å². The Morgan fingerprint density at radius 1 is 0.951 bits per heavy atom. The zero-order chi connectivity index (χ0) is 29.5. The number of nitrogens with zero attached hydrogens (tertiary/aromatic N) is 9. The first-order valence-corrected chi connectivity index (χ1v) is 14.6. The lowest BCUT2D eigenvalue weighted by atomic mass is 9.90. The molecule has 2 saturated carbocycles. The predicted octanol–water partition coefficient (Wildman–Crippen LogP) is 5.04. The van der Waals surface area contributed by atoms with Gasteiger partial charge >= 0.3 is 0 Å². The highest BCUT2D eigenvalue weighted by molar-refractivity contribution is 5.00. The second-order valence-electron chi connectivity index (χ2n) is 11.6. The Morgan fingerprint density at radius 3 is 2.24 bits per heavy atom. The van der Waals surface area contributed by atoms with Crippen LogP contribution in [0.3, 0.4) is 0 Å². The maximum Gasteiger partial charge on any atom is 0.169 e. The predicted molar refractivity (Wildman–Crippen MR) is 144 cm³/mol. The van der Waals surface area contributed by atoms with Crippen LogP contribution >= 0.6 is 0 Å². The fraction of sp³-hybridized carbons (Fsp3) is 1.00. The van der Waals surface area contributed by atoms with Gasteiger partial charge in [0.25, 0.3) is 0 Å². The van der Waals surface area contributed by atoms with Gasteiger partial charge in [-0.3, -0.25) is 0 Å². The molecule has 0 radical (unpaired) electrons. The van der Waals surface area contributed by atoms with Crippen LogP contribution in [0.1, 0.15) is 84.5 Å². The van der Waals surface area contributed by atoms with E-state index in [-0.39, 0.29) is 13.0 Å². The number of aliphatic hydroxyl groups excluding tert-OH is 1. The van der Waals surface area contributed by atoms with Crippen molar-refractivity contribution in [2.45, 2.75) is 151 Å². The highest BCUT2D eigenvalue weighted by atomic mass is 16.8. The summed E-state index contributed by atoms with van der Waals surface area (Å²) in [7, 11) is 0. The van der Waals surface area contributed by atoms with Crippen molar-refractivity contribution in [3.63, 3.8) is 0 Å². The van der Waals surface area contributed by atoms with Gasteiger partial charge in [-0.1, -0.05) is 35.1 Å². The summed E-state index contributed by atoms with van der Waals surface area (Å²) in [4.78, 5) is 8.73. The van der Waals surface area contributed by atoms with Crippen molar-refractivity contribution in [3.05, 3.63) is 31.3 Å². The van der Waals surface area contributed by atoms with Crippen LogP contribution in [0.2, 0.25) is 0 Å². The van der Waals surface area contributed by atoms with E-state index in [2.05, 4.69) is 30.1 Å². The van der Waals surface area contributed by atoms with Crippen LogP contribution in [0.4, 0.5) is 0 Å². The highest BCUT2D eigenvalue weighted by Gasteiger charge is 2.54. The first-order valence-electron chi connectivity index (χ1n) is 14.6. The molecule has 16 heteroatoms. The van der Waals surface area contributed by atoms with Crippen molar-refractivity contribution in [2.24, 2.45) is 15.3 Å². The second-order valence-corrected chi connectivity index (χ2v) is 11.6. The summed E-state index contributed by atoms with van der Waals surface area (Å²) >= 11 is 0. The topological polar surface area (TPSA) is 233 Å². The molecule has 0 amide bonds. The number of hydrogen-bond acceptors (Lipinski definition) is 10. The molecule has 0 bridgehead atoms. The third kappa shape index (κ3) is 7.74. The number of fused-ring (bicyclic) bond motifs is 1. The van der Waals surface area contributed by atoms with Gasteiger partial charge in [-0.15, -0.1) is 0 Å². The third-order valence-corrected chi connectivity index (χ3v) is 8.51. The molecule has 228 valence electrons. The van der Waals surface area contributed by atoms with Crippen molar-refractivity contribution in [1.29, 1.82) is 0 Å². The lowest BCUT2D eigenvalue weighted by molar-refractivity contribution is -0.388. The van der Waals surface area contributed by atoms with Gasteiger partial charge in [0.15, 0.2) is 17.9 Å². The summed E-state index contributed by atoms with van der Waals surface area (Å²) in [5.41, 5.74) is 27.6. The minimum atomic E-state index is -1.39. The molecule has 0 aromatic heterocycles. The van der Waals surface area contributed by atoms with Gasteiger partial charge in [0, 0.05) is 46.5 Å². The Labute approximate surface area is 238 Å². The summed E-state index contributed by atoms with van der Waals surface area (Å²) in [6, 6.07) is -2.68. The standard InChI is InChI=1S/C25H41N9O7/c1-15(29-32-26)13-17(30-33-27)21(16(2)40-24(36)9-5-3-6-10-24)39-23-19(31-34-28)20(35)22-18(38-23)14-37-25(41-22)11-7-4-8-12-25/h15-23,35-36H,3-14H2,1-2H3/t15?,16-,17?,18?,19?,20-,21+,22-,23-/m1/s1. The normalized spacial score (nSPS) is 33.5. The van der Waals surface area contributed by atoms with Gasteiger partial charge in [0.05, 0.1) is 31.0 Å². The minimum absolute atomic E-state index is 0.104. The van der Waals surface area contributed by atoms with E-state index in [0.29, 0.717) is 25.7 Å². The summed E-state index contributed by atoms with van der Waals surface area (Å²) < 4.78 is 31.1. The van der Waals surface area contributed by atoms with Crippen molar-refractivity contribution in [3.8, 4) is 0 Å².